The number of nitrogens with one attached hydrogen (secondary N) is 2. The molecule has 0 aliphatic carbocycles. The van der Waals surface area contributed by atoms with Gasteiger partial charge >= 0.3 is 0 Å². The highest BCUT2D eigenvalue weighted by Crippen LogP contribution is 2.50. The van der Waals surface area contributed by atoms with Gasteiger partial charge in [-0.2, -0.15) is 0 Å². The van der Waals surface area contributed by atoms with Crippen molar-refractivity contribution in [3.8, 4) is 45.6 Å². The lowest BCUT2D eigenvalue weighted by atomic mass is 9.97. The lowest BCUT2D eigenvalue weighted by Crippen LogP contribution is -2.06. The molecule has 9 rings (SSSR count). The van der Waals surface area contributed by atoms with E-state index in [1.54, 1.807) is 0 Å². The summed E-state index contributed by atoms with van der Waals surface area (Å²) in [6, 6.07) is 20.7. The number of rotatable bonds is 88. The van der Waals surface area contributed by atoms with Crippen LogP contribution in [-0.2, 0) is 0 Å². The fourth-order valence-electron chi connectivity index (χ4n) is 21.7. The number of hydrogen-bond acceptors (Lipinski definition) is 14. The highest BCUT2D eigenvalue weighted by Gasteiger charge is 2.31. The van der Waals surface area contributed by atoms with Gasteiger partial charge in [0.05, 0.1) is 0 Å². The standard InChI is InChI=1S/C128H210N8S8/c1-17-33-49-57-73-97(65-41-25-9)89-137-113-81-105-106(82-114(113)138-90-98(66-42-26-10)74-58-50-34-18-2)122-129-121(105)133-123-107-83-115(139-91-99(67-43-27-11)75-59-51-35-19-3)116(140-92-100(68-44-28-12)76-60-52-36-20-4)84-108(107)125(130-123)135-127-111-87-119(143-95-103(71-47-31-15)79-63-55-39-23-7)120(144-96-104(72-48-32-16)80-64-56-40-24-8)88-112(111)128(132-127)136-126-110-86-118(142-94-102(70-46-30-14)78-62-54-38-22-6)117(85-109(110)124(131-126)134-122)141-93-101(69-45-29-13)77-61-53-37-21-5/h81-88,97-104H,17-80,89-96H2,1-16H3,(H2,129,130,131,132,133,134,135,136). The first-order valence-corrected chi connectivity index (χ1v) is 69.2. The van der Waals surface area contributed by atoms with Gasteiger partial charge in [0.25, 0.3) is 0 Å². The summed E-state index contributed by atoms with van der Waals surface area (Å²) in [6.07, 6.45) is 82.7. The monoisotopic (exact) mass is 2120 g/mol. The topological polar surface area (TPSA) is 109 Å². The van der Waals surface area contributed by atoms with E-state index in [9.17, 15) is 0 Å². The van der Waals surface area contributed by atoms with Gasteiger partial charge in [-0.05, 0) is 199 Å². The zero-order valence-corrected chi connectivity index (χ0v) is 102. The maximum atomic E-state index is 6.21. The van der Waals surface area contributed by atoms with E-state index in [-0.39, 0.29) is 0 Å². The van der Waals surface area contributed by atoms with Gasteiger partial charge < -0.3 is 9.97 Å². The number of unbranched alkanes of at least 4 members (excludes halogenated alkanes) is 32. The number of hydrogen-bond donors (Lipinski definition) is 2. The largest absolute Gasteiger partial charge is 0.324 e. The van der Waals surface area contributed by atoms with Crippen LogP contribution in [0.1, 0.15) is 522 Å². The first-order chi connectivity index (χ1) is 70.8. The van der Waals surface area contributed by atoms with Crippen molar-refractivity contribution in [2.75, 3.05) is 46.0 Å². The molecule has 4 aromatic carbocycles. The number of aromatic nitrogens is 8. The minimum Gasteiger partial charge on any atom is -0.324 e. The predicted molar refractivity (Wildman–Crippen MR) is 656 cm³/mol. The molecule has 0 spiro atoms. The van der Waals surface area contributed by atoms with E-state index in [1.807, 2.05) is 0 Å². The molecule has 8 unspecified atom stereocenters. The van der Waals surface area contributed by atoms with E-state index in [1.165, 1.54) is 450 Å². The van der Waals surface area contributed by atoms with Gasteiger partial charge in [0.2, 0.25) is 0 Å². The molecule has 5 heterocycles. The van der Waals surface area contributed by atoms with E-state index in [2.05, 4.69) is 263 Å². The van der Waals surface area contributed by atoms with Crippen molar-refractivity contribution in [2.24, 2.45) is 47.3 Å². The fourth-order valence-corrected chi connectivity index (χ4v) is 32.3. The molecule has 2 N–H and O–H groups in total. The molecule has 810 valence electrons. The van der Waals surface area contributed by atoms with E-state index in [0.717, 1.165) is 136 Å². The molecular formula is C128H210N8S8. The molecule has 0 radical (unpaired) electrons. The Bertz CT molecular complexity index is 4190. The molecule has 0 saturated carbocycles. The second-order valence-corrected chi connectivity index (χ2v) is 52.8. The summed E-state index contributed by atoms with van der Waals surface area (Å²) in [6.45, 7) is 38.1. The van der Waals surface area contributed by atoms with Gasteiger partial charge in [0, 0.05) is 129 Å². The van der Waals surface area contributed by atoms with Crippen LogP contribution in [0.15, 0.2) is 87.7 Å². The Morgan fingerprint density at radius 3 is 0.431 bits per heavy atom. The smallest absolute Gasteiger partial charge is 0.164 e. The van der Waals surface area contributed by atoms with Crippen LogP contribution < -0.4 is 0 Å². The van der Waals surface area contributed by atoms with Crippen molar-refractivity contribution >= 4 is 138 Å². The van der Waals surface area contributed by atoms with Gasteiger partial charge in [0.1, 0.15) is 22.6 Å². The molecule has 7 aromatic rings. The zero-order valence-electron chi connectivity index (χ0n) is 95.1. The first kappa shape index (κ1) is 125. The summed E-state index contributed by atoms with van der Waals surface area (Å²) in [7, 11) is 0. The lowest BCUT2D eigenvalue weighted by molar-refractivity contribution is 0.451. The van der Waals surface area contributed by atoms with Crippen molar-refractivity contribution in [1.29, 1.82) is 0 Å². The molecule has 8 bridgehead atoms. The molecule has 8 atom stereocenters. The van der Waals surface area contributed by atoms with E-state index in [4.69, 9.17) is 29.9 Å². The second-order valence-electron chi connectivity index (χ2n) is 44.3. The van der Waals surface area contributed by atoms with Crippen LogP contribution in [0.25, 0.3) is 89.7 Å². The van der Waals surface area contributed by atoms with Crippen LogP contribution in [0.2, 0.25) is 0 Å². The van der Waals surface area contributed by atoms with E-state index >= 15 is 0 Å². The second kappa shape index (κ2) is 75.8. The molecule has 144 heavy (non-hydrogen) atoms. The molecule has 0 fully saturated rings. The molecule has 2 aliphatic rings. The van der Waals surface area contributed by atoms with Gasteiger partial charge in [-0.1, -0.05) is 419 Å². The highest BCUT2D eigenvalue weighted by atomic mass is 32.2. The van der Waals surface area contributed by atoms with Crippen LogP contribution in [-0.4, -0.2) is 85.9 Å². The van der Waals surface area contributed by atoms with Crippen LogP contribution in [0.3, 0.4) is 0 Å². The number of H-pyrrole nitrogens is 2. The Morgan fingerprint density at radius 1 is 0.160 bits per heavy atom. The van der Waals surface area contributed by atoms with Gasteiger partial charge in [-0.3, -0.25) is 0 Å². The van der Waals surface area contributed by atoms with Gasteiger partial charge in [-0.15, -0.1) is 94.1 Å². The molecule has 16 heteroatoms. The van der Waals surface area contributed by atoms with Crippen molar-refractivity contribution in [3.63, 3.8) is 0 Å². The van der Waals surface area contributed by atoms with Crippen LogP contribution in [0, 0.1) is 47.3 Å². The third-order valence-corrected chi connectivity index (χ3v) is 42.2. The fraction of sp³-hybridized carbons (Fsp3) is 0.750. The Kier molecular flexibility index (Phi) is 65.5. The minimum atomic E-state index is 0.654. The Balaban J connectivity index is 1.48. The number of thioether (sulfide) groups is 8. The zero-order chi connectivity index (χ0) is 102. The Hall–Kier alpha value is -2.96. The normalized spacial score (nSPS) is 13.9. The van der Waals surface area contributed by atoms with Crippen molar-refractivity contribution in [2.45, 2.75) is 561 Å². The summed E-state index contributed by atoms with van der Waals surface area (Å²) < 4.78 is 0. The number of nitrogens with zero attached hydrogens (tertiary/aromatic N) is 6. The van der Waals surface area contributed by atoms with E-state index < -0.39 is 0 Å². The summed E-state index contributed by atoms with van der Waals surface area (Å²) in [5.41, 5.74) is 7.61. The molecule has 2 aliphatic heterocycles. The number of benzene rings is 4. The maximum absolute atomic E-state index is 6.21. The summed E-state index contributed by atoms with van der Waals surface area (Å²) >= 11 is 17.2. The molecule has 8 nitrogen and oxygen atoms in total. The molecule has 0 saturated heterocycles. The number of fused-ring (bicyclic) bond motifs is 20. The third kappa shape index (κ3) is 44.1. The molecule has 3 aromatic heterocycles. The third-order valence-electron chi connectivity index (χ3n) is 31.3. The average molecular weight is 2120 g/mol. The van der Waals surface area contributed by atoms with Crippen molar-refractivity contribution in [3.05, 3.63) is 48.5 Å². The Labute approximate surface area is 918 Å². The SMILES string of the molecule is CCCCCCC(CCCC)CSc1cc2c(cc1SCC(CCCC)CCCCCC)-c1nc-2nc2[nH]c(nc3nc(nc4[nH]c(n1)c1cc(SCC(CCCC)CCCCCC)c(SCC(CCCC)CCCCCC)cc41)-c1cc(SCC(CCCC)CCCCCC)c(SCC(CCCC)CCCCCC)cc1-3)c1cc(SCC(CCCC)CCCCCC)c(SCC(CCCC)CCCCCC)cc21. The van der Waals surface area contributed by atoms with Crippen LogP contribution in [0.5, 0.6) is 0 Å². The van der Waals surface area contributed by atoms with Crippen molar-refractivity contribution < 1.29 is 0 Å². The quantitative estimate of drug-likeness (QED) is 0.0279. The highest BCUT2D eigenvalue weighted by molar-refractivity contribution is 8.03. The first-order valence-electron chi connectivity index (χ1n) is 61.4. The summed E-state index contributed by atoms with van der Waals surface area (Å²) in [5, 5.41) is 4.44. The lowest BCUT2D eigenvalue weighted by Gasteiger charge is -2.20. The maximum Gasteiger partial charge on any atom is 0.164 e. The number of aromatic amines is 2. The van der Waals surface area contributed by atoms with Crippen molar-refractivity contribution in [1.82, 2.24) is 39.9 Å². The predicted octanol–water partition coefficient (Wildman–Crippen LogP) is 45.8. The van der Waals surface area contributed by atoms with Gasteiger partial charge in [0.15, 0.2) is 23.3 Å². The van der Waals surface area contributed by atoms with Gasteiger partial charge in [-0.25, -0.2) is 29.9 Å². The van der Waals surface area contributed by atoms with Crippen LogP contribution >= 0.6 is 94.1 Å². The minimum absolute atomic E-state index is 0.654. The van der Waals surface area contributed by atoms with E-state index in [0.29, 0.717) is 47.3 Å². The molecule has 0 amide bonds. The summed E-state index contributed by atoms with van der Waals surface area (Å²) in [5.74, 6) is 17.1. The van der Waals surface area contributed by atoms with Crippen LogP contribution in [0.4, 0.5) is 0 Å². The summed E-state index contributed by atoms with van der Waals surface area (Å²) in [4.78, 5) is 56.5. The molecular weight excluding hydrogens is 1910 g/mol. The average Bonchev–Trinajstić information content (AvgIpc) is 1.59. The Morgan fingerprint density at radius 2 is 0.292 bits per heavy atom.